The van der Waals surface area contributed by atoms with Crippen molar-refractivity contribution in [1.82, 2.24) is 5.32 Å². The van der Waals surface area contributed by atoms with E-state index in [1.807, 2.05) is 13.8 Å². The van der Waals surface area contributed by atoms with Crippen LogP contribution in [-0.2, 0) is 4.79 Å². The molecule has 0 aliphatic heterocycles. The van der Waals surface area contributed by atoms with Crippen molar-refractivity contribution in [3.63, 3.8) is 0 Å². The van der Waals surface area contributed by atoms with E-state index in [-0.39, 0.29) is 11.6 Å². The lowest BCUT2D eigenvalue weighted by atomic mass is 9.97. The summed E-state index contributed by atoms with van der Waals surface area (Å²) in [4.78, 5) is 22.3. The number of non-ortho nitro benzene ring substituents is 1. The number of nitro groups is 1. The van der Waals surface area contributed by atoms with Gasteiger partial charge in [-0.3, -0.25) is 14.9 Å². The van der Waals surface area contributed by atoms with Crippen LogP contribution in [0.1, 0.15) is 32.3 Å². The Balaban J connectivity index is 2.88. The molecule has 0 aliphatic carbocycles. The van der Waals surface area contributed by atoms with Crippen LogP contribution in [0.4, 0.5) is 5.69 Å². The van der Waals surface area contributed by atoms with Gasteiger partial charge in [-0.25, -0.2) is 0 Å². The fourth-order valence-corrected chi connectivity index (χ4v) is 1.55. The molecule has 6 heteroatoms. The van der Waals surface area contributed by atoms with Crippen LogP contribution in [0, 0.1) is 10.1 Å². The Labute approximate surface area is 112 Å². The topological polar surface area (TPSA) is 98.3 Å². The summed E-state index contributed by atoms with van der Waals surface area (Å²) in [7, 11) is 0. The van der Waals surface area contributed by atoms with Crippen LogP contribution < -0.4 is 11.1 Å². The Morgan fingerprint density at radius 3 is 2.68 bits per heavy atom. The predicted octanol–water partition coefficient (Wildman–Crippen LogP) is 1.55. The zero-order valence-electron chi connectivity index (χ0n) is 11.3. The Morgan fingerprint density at radius 1 is 1.53 bits per heavy atom. The minimum Gasteiger partial charge on any atom is -0.349 e. The largest absolute Gasteiger partial charge is 0.349 e. The van der Waals surface area contributed by atoms with Crippen molar-refractivity contribution in [2.24, 2.45) is 5.73 Å². The summed E-state index contributed by atoms with van der Waals surface area (Å²) < 4.78 is 0. The van der Waals surface area contributed by atoms with Gasteiger partial charge in [-0.1, -0.05) is 12.1 Å². The van der Waals surface area contributed by atoms with Crippen LogP contribution in [0.3, 0.4) is 0 Å². The number of amides is 1. The average Bonchev–Trinajstić information content (AvgIpc) is 2.37. The quantitative estimate of drug-likeness (QED) is 0.623. The standard InChI is InChI=1S/C13H19N3O3/c1-9(12(17)15-13(2,3)8-14)10-5-4-6-11(7-10)16(18)19/h4-7,9H,8,14H2,1-3H3,(H,15,17). The minimum absolute atomic E-state index is 0.0183. The molecule has 19 heavy (non-hydrogen) atoms. The monoisotopic (exact) mass is 265 g/mol. The van der Waals surface area contributed by atoms with Crippen molar-refractivity contribution in [2.45, 2.75) is 32.2 Å². The molecule has 0 bridgehead atoms. The number of hydrogen-bond acceptors (Lipinski definition) is 4. The van der Waals surface area contributed by atoms with Gasteiger partial charge in [-0.05, 0) is 26.3 Å². The van der Waals surface area contributed by atoms with E-state index in [9.17, 15) is 14.9 Å². The van der Waals surface area contributed by atoms with Gasteiger partial charge in [0.2, 0.25) is 5.91 Å². The molecule has 0 spiro atoms. The fraction of sp³-hybridized carbons (Fsp3) is 0.462. The van der Waals surface area contributed by atoms with Gasteiger partial charge >= 0.3 is 0 Å². The molecule has 1 aromatic rings. The number of nitrogens with zero attached hydrogens (tertiary/aromatic N) is 1. The summed E-state index contributed by atoms with van der Waals surface area (Å²) in [6.45, 7) is 5.68. The highest BCUT2D eigenvalue weighted by molar-refractivity contribution is 5.84. The molecule has 1 atom stereocenters. The number of rotatable bonds is 5. The highest BCUT2D eigenvalue weighted by Gasteiger charge is 2.23. The lowest BCUT2D eigenvalue weighted by Crippen LogP contribution is -2.50. The van der Waals surface area contributed by atoms with Crippen molar-refractivity contribution < 1.29 is 9.72 Å². The van der Waals surface area contributed by atoms with Crippen LogP contribution in [0.5, 0.6) is 0 Å². The van der Waals surface area contributed by atoms with E-state index < -0.39 is 16.4 Å². The Hall–Kier alpha value is -1.95. The molecule has 0 saturated carbocycles. The number of carbonyl (C=O) groups excluding carboxylic acids is 1. The number of nitrogens with one attached hydrogen (secondary N) is 1. The molecule has 0 aromatic heterocycles. The molecule has 0 heterocycles. The van der Waals surface area contributed by atoms with E-state index in [2.05, 4.69) is 5.32 Å². The predicted molar refractivity (Wildman–Crippen MR) is 72.8 cm³/mol. The van der Waals surface area contributed by atoms with E-state index >= 15 is 0 Å². The molecule has 1 aromatic carbocycles. The SMILES string of the molecule is CC(C(=O)NC(C)(C)CN)c1cccc([N+](=O)[O-])c1. The molecule has 104 valence electrons. The minimum atomic E-state index is -0.494. The maximum absolute atomic E-state index is 12.1. The number of carbonyl (C=O) groups is 1. The summed E-state index contributed by atoms with van der Waals surface area (Å²) in [6.07, 6.45) is 0. The third-order valence-corrected chi connectivity index (χ3v) is 2.95. The molecule has 3 N–H and O–H groups in total. The molecule has 0 radical (unpaired) electrons. The highest BCUT2D eigenvalue weighted by atomic mass is 16.6. The van der Waals surface area contributed by atoms with Crippen molar-refractivity contribution in [3.05, 3.63) is 39.9 Å². The van der Waals surface area contributed by atoms with Crippen molar-refractivity contribution in [1.29, 1.82) is 0 Å². The first kappa shape index (κ1) is 15.1. The first-order valence-corrected chi connectivity index (χ1v) is 6.03. The first-order chi connectivity index (χ1) is 8.76. The molecule has 1 amide bonds. The molecular weight excluding hydrogens is 246 g/mol. The van der Waals surface area contributed by atoms with Gasteiger partial charge in [-0.2, -0.15) is 0 Å². The van der Waals surface area contributed by atoms with Crippen LogP contribution in [0.25, 0.3) is 0 Å². The second kappa shape index (κ2) is 5.79. The van der Waals surface area contributed by atoms with Gasteiger partial charge in [0.15, 0.2) is 0 Å². The van der Waals surface area contributed by atoms with Crippen LogP contribution in [-0.4, -0.2) is 22.9 Å². The lowest BCUT2D eigenvalue weighted by molar-refractivity contribution is -0.384. The lowest BCUT2D eigenvalue weighted by Gasteiger charge is -2.26. The smallest absolute Gasteiger partial charge is 0.269 e. The highest BCUT2D eigenvalue weighted by Crippen LogP contribution is 2.21. The average molecular weight is 265 g/mol. The second-order valence-corrected chi connectivity index (χ2v) is 5.15. The molecule has 0 saturated heterocycles. The first-order valence-electron chi connectivity index (χ1n) is 6.03. The number of nitrogens with two attached hydrogens (primary N) is 1. The van der Waals surface area contributed by atoms with Gasteiger partial charge < -0.3 is 11.1 Å². The normalized spacial score (nSPS) is 12.8. The number of hydrogen-bond donors (Lipinski definition) is 2. The van der Waals surface area contributed by atoms with Crippen LogP contribution >= 0.6 is 0 Å². The summed E-state index contributed by atoms with van der Waals surface area (Å²) in [5, 5.41) is 13.5. The van der Waals surface area contributed by atoms with Gasteiger partial charge in [0, 0.05) is 24.2 Å². The summed E-state index contributed by atoms with van der Waals surface area (Å²) in [5.74, 6) is -0.665. The molecule has 1 unspecified atom stereocenters. The number of nitro benzene ring substituents is 1. The van der Waals surface area contributed by atoms with Gasteiger partial charge in [0.05, 0.1) is 10.8 Å². The second-order valence-electron chi connectivity index (χ2n) is 5.15. The van der Waals surface area contributed by atoms with Gasteiger partial charge in [0.1, 0.15) is 0 Å². The van der Waals surface area contributed by atoms with Gasteiger partial charge in [-0.15, -0.1) is 0 Å². The Kier molecular flexibility index (Phi) is 4.61. The maximum Gasteiger partial charge on any atom is 0.269 e. The zero-order valence-corrected chi connectivity index (χ0v) is 11.3. The van der Waals surface area contributed by atoms with Crippen LogP contribution in [0.2, 0.25) is 0 Å². The Morgan fingerprint density at radius 2 is 2.16 bits per heavy atom. The Bertz CT molecular complexity index is 486. The van der Waals surface area contributed by atoms with Gasteiger partial charge in [0.25, 0.3) is 5.69 Å². The zero-order chi connectivity index (χ0) is 14.6. The van der Waals surface area contributed by atoms with E-state index in [4.69, 9.17) is 5.73 Å². The molecular formula is C13H19N3O3. The third kappa shape index (κ3) is 4.03. The van der Waals surface area contributed by atoms with E-state index in [1.54, 1.807) is 19.1 Å². The summed E-state index contributed by atoms with van der Waals surface area (Å²) >= 11 is 0. The van der Waals surface area contributed by atoms with Crippen molar-refractivity contribution >= 4 is 11.6 Å². The van der Waals surface area contributed by atoms with Crippen LogP contribution in [0.15, 0.2) is 24.3 Å². The summed E-state index contributed by atoms with van der Waals surface area (Å²) in [6, 6.07) is 6.09. The van der Waals surface area contributed by atoms with E-state index in [0.29, 0.717) is 12.1 Å². The molecule has 6 nitrogen and oxygen atoms in total. The van der Waals surface area contributed by atoms with Crippen molar-refractivity contribution in [2.75, 3.05) is 6.54 Å². The number of benzene rings is 1. The molecule has 0 aliphatic rings. The van der Waals surface area contributed by atoms with E-state index in [0.717, 1.165) is 0 Å². The summed E-state index contributed by atoms with van der Waals surface area (Å²) in [5.41, 5.74) is 5.65. The van der Waals surface area contributed by atoms with Crippen molar-refractivity contribution in [3.8, 4) is 0 Å². The molecule has 0 fully saturated rings. The van der Waals surface area contributed by atoms with E-state index in [1.165, 1.54) is 12.1 Å². The fourth-order valence-electron chi connectivity index (χ4n) is 1.55. The maximum atomic E-state index is 12.1. The molecule has 1 rings (SSSR count). The third-order valence-electron chi connectivity index (χ3n) is 2.95.